The van der Waals surface area contributed by atoms with Gasteiger partial charge in [0.25, 0.3) is 0 Å². The first-order valence-electron chi connectivity index (χ1n) is 5.77. The minimum atomic E-state index is 0.793. The van der Waals surface area contributed by atoms with Gasteiger partial charge in [0.05, 0.1) is 11.7 Å². The Labute approximate surface area is 108 Å². The van der Waals surface area contributed by atoms with E-state index in [1.54, 1.807) is 0 Å². The predicted molar refractivity (Wildman–Crippen MR) is 76.1 cm³/mol. The summed E-state index contributed by atoms with van der Waals surface area (Å²) in [6.45, 7) is 0. The van der Waals surface area contributed by atoms with Crippen molar-refractivity contribution in [2.75, 3.05) is 0 Å². The highest BCUT2D eigenvalue weighted by molar-refractivity contribution is 6.36. The number of H-pyrrole nitrogens is 1. The molecule has 0 atom stereocenters. The molecule has 0 aliphatic carbocycles. The Morgan fingerprint density at radius 3 is 2.67 bits per heavy atom. The lowest BCUT2D eigenvalue weighted by molar-refractivity contribution is 1.12. The van der Waals surface area contributed by atoms with E-state index in [4.69, 9.17) is 11.6 Å². The van der Waals surface area contributed by atoms with Crippen LogP contribution in [0, 0.1) is 0 Å². The molecule has 1 aromatic heterocycles. The molecule has 86 valence electrons. The summed E-state index contributed by atoms with van der Waals surface area (Å²) in [6.07, 6.45) is 1.87. The van der Waals surface area contributed by atoms with Crippen LogP contribution in [0.3, 0.4) is 0 Å². The number of rotatable bonds is 0. The molecule has 0 radical (unpaired) electrons. The van der Waals surface area contributed by atoms with Crippen molar-refractivity contribution in [1.29, 1.82) is 0 Å². The van der Waals surface area contributed by atoms with E-state index < -0.39 is 0 Å². The number of nitrogens with one attached hydrogen (secondary N) is 1. The second-order valence-corrected chi connectivity index (χ2v) is 4.84. The fourth-order valence-corrected chi connectivity index (χ4v) is 2.72. The Morgan fingerprint density at radius 1 is 0.889 bits per heavy atom. The van der Waals surface area contributed by atoms with Crippen LogP contribution in [-0.2, 0) is 0 Å². The summed E-state index contributed by atoms with van der Waals surface area (Å²) in [6, 6.07) is 14.4. The highest BCUT2D eigenvalue weighted by atomic mass is 35.5. The number of hydrogen-bond acceptors (Lipinski definition) is 1. The fourth-order valence-electron chi connectivity index (χ4n) is 2.49. The standard InChI is InChI=1S/C15H9ClN2/c16-14-3-1-2-9-6-11-10(7-12(9)14)4-5-15-13(11)8-17-18-15/h1-8H,(H,17,18). The SMILES string of the molecule is Clc1cccc2cc3c(ccc4[nH]ncc43)cc12. The molecule has 0 bridgehead atoms. The summed E-state index contributed by atoms with van der Waals surface area (Å²) in [5.74, 6) is 0. The van der Waals surface area contributed by atoms with Crippen molar-refractivity contribution in [2.45, 2.75) is 0 Å². The zero-order chi connectivity index (χ0) is 12.1. The van der Waals surface area contributed by atoms with E-state index in [9.17, 15) is 0 Å². The van der Waals surface area contributed by atoms with Crippen LogP contribution in [0.25, 0.3) is 32.4 Å². The molecule has 18 heavy (non-hydrogen) atoms. The van der Waals surface area contributed by atoms with Crippen LogP contribution in [-0.4, -0.2) is 10.2 Å². The van der Waals surface area contributed by atoms with Gasteiger partial charge in [0, 0.05) is 15.8 Å². The molecule has 1 heterocycles. The second kappa shape index (κ2) is 3.47. The Bertz CT molecular complexity index is 893. The quantitative estimate of drug-likeness (QED) is 0.458. The van der Waals surface area contributed by atoms with Gasteiger partial charge in [-0.2, -0.15) is 5.10 Å². The first-order valence-corrected chi connectivity index (χ1v) is 6.15. The number of fused-ring (bicyclic) bond motifs is 4. The fraction of sp³-hybridized carbons (Fsp3) is 0. The van der Waals surface area contributed by atoms with E-state index >= 15 is 0 Å². The largest absolute Gasteiger partial charge is 0.278 e. The molecule has 3 aromatic carbocycles. The van der Waals surface area contributed by atoms with Gasteiger partial charge in [-0.05, 0) is 40.4 Å². The lowest BCUT2D eigenvalue weighted by Gasteiger charge is -2.04. The monoisotopic (exact) mass is 252 g/mol. The molecule has 0 aliphatic rings. The van der Waals surface area contributed by atoms with Crippen molar-refractivity contribution in [3.05, 3.63) is 53.7 Å². The first-order chi connectivity index (χ1) is 8.83. The molecule has 3 heteroatoms. The second-order valence-electron chi connectivity index (χ2n) is 4.43. The topological polar surface area (TPSA) is 28.7 Å². The van der Waals surface area contributed by atoms with Crippen molar-refractivity contribution in [2.24, 2.45) is 0 Å². The summed E-state index contributed by atoms with van der Waals surface area (Å²) in [5.41, 5.74) is 1.06. The third-order valence-electron chi connectivity index (χ3n) is 3.39. The molecule has 4 aromatic rings. The number of halogens is 1. The van der Waals surface area contributed by atoms with E-state index in [1.807, 2.05) is 24.4 Å². The van der Waals surface area contributed by atoms with Crippen molar-refractivity contribution in [3.8, 4) is 0 Å². The molecule has 2 nitrogen and oxygen atoms in total. The highest BCUT2D eigenvalue weighted by Gasteiger charge is 2.05. The van der Waals surface area contributed by atoms with E-state index in [2.05, 4.69) is 34.5 Å². The van der Waals surface area contributed by atoms with Crippen LogP contribution in [0.5, 0.6) is 0 Å². The smallest absolute Gasteiger partial charge is 0.0656 e. The lowest BCUT2D eigenvalue weighted by atomic mass is 10.0. The van der Waals surface area contributed by atoms with E-state index in [0.29, 0.717) is 0 Å². The van der Waals surface area contributed by atoms with Crippen LogP contribution in [0.4, 0.5) is 0 Å². The van der Waals surface area contributed by atoms with Gasteiger partial charge in [-0.15, -0.1) is 0 Å². The average Bonchev–Trinajstić information content (AvgIpc) is 2.86. The zero-order valence-corrected chi connectivity index (χ0v) is 10.2. The molecule has 0 unspecified atom stereocenters. The van der Waals surface area contributed by atoms with Crippen LogP contribution in [0.1, 0.15) is 0 Å². The number of aromatic amines is 1. The highest BCUT2D eigenvalue weighted by Crippen LogP contribution is 2.31. The third kappa shape index (κ3) is 1.27. The summed E-state index contributed by atoms with van der Waals surface area (Å²) in [5, 5.41) is 13.7. The molecule has 0 amide bonds. The molecule has 4 rings (SSSR count). The first kappa shape index (κ1) is 9.92. The Morgan fingerprint density at radius 2 is 1.72 bits per heavy atom. The van der Waals surface area contributed by atoms with Gasteiger partial charge in [-0.25, -0.2) is 0 Å². The van der Waals surface area contributed by atoms with Gasteiger partial charge in [0.2, 0.25) is 0 Å². The Hall–Kier alpha value is -2.06. The van der Waals surface area contributed by atoms with Gasteiger partial charge < -0.3 is 0 Å². The normalized spacial score (nSPS) is 11.6. The van der Waals surface area contributed by atoms with Crippen molar-refractivity contribution in [1.82, 2.24) is 10.2 Å². The van der Waals surface area contributed by atoms with Gasteiger partial charge >= 0.3 is 0 Å². The minimum absolute atomic E-state index is 0.793. The Balaban J connectivity index is 2.28. The summed E-state index contributed by atoms with van der Waals surface area (Å²) >= 11 is 6.24. The maximum absolute atomic E-state index is 6.24. The summed E-state index contributed by atoms with van der Waals surface area (Å²) < 4.78 is 0. The van der Waals surface area contributed by atoms with Gasteiger partial charge in [-0.3, -0.25) is 5.10 Å². The zero-order valence-electron chi connectivity index (χ0n) is 9.44. The maximum atomic E-state index is 6.24. The number of nitrogens with zero attached hydrogens (tertiary/aromatic N) is 1. The van der Waals surface area contributed by atoms with Crippen LogP contribution in [0.2, 0.25) is 5.02 Å². The lowest BCUT2D eigenvalue weighted by Crippen LogP contribution is -1.78. The molecule has 0 saturated carbocycles. The third-order valence-corrected chi connectivity index (χ3v) is 3.72. The van der Waals surface area contributed by atoms with Gasteiger partial charge in [0.1, 0.15) is 0 Å². The molecular weight excluding hydrogens is 244 g/mol. The van der Waals surface area contributed by atoms with Crippen LogP contribution < -0.4 is 0 Å². The molecule has 1 N–H and O–H groups in total. The van der Waals surface area contributed by atoms with Crippen molar-refractivity contribution in [3.63, 3.8) is 0 Å². The number of benzene rings is 3. The average molecular weight is 253 g/mol. The van der Waals surface area contributed by atoms with Crippen LogP contribution >= 0.6 is 11.6 Å². The molecular formula is C15H9ClN2. The van der Waals surface area contributed by atoms with Crippen LogP contribution in [0.15, 0.2) is 48.7 Å². The Kier molecular flexibility index (Phi) is 1.91. The molecule has 0 aliphatic heterocycles. The number of hydrogen-bond donors (Lipinski definition) is 1. The predicted octanol–water partition coefficient (Wildman–Crippen LogP) is 4.52. The molecule has 0 saturated heterocycles. The maximum Gasteiger partial charge on any atom is 0.0656 e. The van der Waals surface area contributed by atoms with Gasteiger partial charge in [0.15, 0.2) is 0 Å². The molecule has 0 fully saturated rings. The van der Waals surface area contributed by atoms with E-state index in [-0.39, 0.29) is 0 Å². The number of aromatic nitrogens is 2. The summed E-state index contributed by atoms with van der Waals surface area (Å²) in [7, 11) is 0. The van der Waals surface area contributed by atoms with E-state index in [1.165, 1.54) is 10.8 Å². The van der Waals surface area contributed by atoms with Crippen molar-refractivity contribution >= 4 is 44.0 Å². The van der Waals surface area contributed by atoms with E-state index in [0.717, 1.165) is 26.7 Å². The minimum Gasteiger partial charge on any atom is -0.278 e. The van der Waals surface area contributed by atoms with Gasteiger partial charge in [-0.1, -0.05) is 29.8 Å². The summed E-state index contributed by atoms with van der Waals surface area (Å²) in [4.78, 5) is 0. The van der Waals surface area contributed by atoms with Crippen molar-refractivity contribution < 1.29 is 0 Å². The molecule has 0 spiro atoms.